The van der Waals surface area contributed by atoms with Gasteiger partial charge in [0.05, 0.1) is 4.88 Å². The van der Waals surface area contributed by atoms with Crippen molar-refractivity contribution in [3.8, 4) is 9.75 Å². The van der Waals surface area contributed by atoms with E-state index < -0.39 is 5.78 Å². The van der Waals surface area contributed by atoms with Gasteiger partial charge in [-0.05, 0) is 23.6 Å². The van der Waals surface area contributed by atoms with Gasteiger partial charge in [0, 0.05) is 9.75 Å². The van der Waals surface area contributed by atoms with Crippen molar-refractivity contribution in [2.75, 3.05) is 0 Å². The van der Waals surface area contributed by atoms with E-state index in [0.29, 0.717) is 11.2 Å². The highest BCUT2D eigenvalue weighted by Gasteiger charge is 2.09. The van der Waals surface area contributed by atoms with Crippen LogP contribution in [0.4, 0.5) is 0 Å². The minimum Gasteiger partial charge on any atom is -0.294 e. The van der Waals surface area contributed by atoms with E-state index >= 15 is 0 Å². The molecule has 0 aliphatic heterocycles. The molecular weight excluding hydrogens is 216 g/mol. The fourth-order valence-electron chi connectivity index (χ4n) is 1.08. The Morgan fingerprint density at radius 1 is 1.21 bits per heavy atom. The van der Waals surface area contributed by atoms with Crippen LogP contribution in [0.3, 0.4) is 0 Å². The molecule has 0 spiro atoms. The standard InChI is InChI=1S/C10H6O2S2/c11-6-7(12)8-3-4-10(14-8)9-2-1-5-13-9/h1-6H. The highest BCUT2D eigenvalue weighted by atomic mass is 32.1. The SMILES string of the molecule is O=CC(=O)c1ccc(-c2cccs2)s1. The number of rotatable bonds is 3. The van der Waals surface area contributed by atoms with Crippen LogP contribution >= 0.6 is 22.7 Å². The van der Waals surface area contributed by atoms with Gasteiger partial charge >= 0.3 is 0 Å². The van der Waals surface area contributed by atoms with E-state index in [1.807, 2.05) is 23.6 Å². The summed E-state index contributed by atoms with van der Waals surface area (Å²) < 4.78 is 0. The van der Waals surface area contributed by atoms with Crippen LogP contribution < -0.4 is 0 Å². The van der Waals surface area contributed by atoms with Crippen LogP contribution in [-0.4, -0.2) is 12.1 Å². The first kappa shape index (κ1) is 9.30. The summed E-state index contributed by atoms with van der Waals surface area (Å²) >= 11 is 2.97. The molecule has 2 rings (SSSR count). The number of hydrogen-bond donors (Lipinski definition) is 0. The highest BCUT2D eigenvalue weighted by Crippen LogP contribution is 2.31. The fraction of sp³-hybridized carbons (Fsp3) is 0. The zero-order valence-electron chi connectivity index (χ0n) is 7.10. The summed E-state index contributed by atoms with van der Waals surface area (Å²) in [6, 6.07) is 7.51. The molecule has 0 unspecified atom stereocenters. The normalized spacial score (nSPS) is 10.0. The van der Waals surface area contributed by atoms with Crippen LogP contribution in [0.25, 0.3) is 9.75 Å². The third-order valence-corrected chi connectivity index (χ3v) is 3.89. The first-order valence-electron chi connectivity index (χ1n) is 3.94. The number of carbonyl (C=O) groups is 2. The van der Waals surface area contributed by atoms with Crippen molar-refractivity contribution in [2.24, 2.45) is 0 Å². The monoisotopic (exact) mass is 222 g/mol. The van der Waals surface area contributed by atoms with Crippen LogP contribution in [0, 0.1) is 0 Å². The summed E-state index contributed by atoms with van der Waals surface area (Å²) in [5, 5.41) is 1.98. The molecule has 0 aromatic carbocycles. The van der Waals surface area contributed by atoms with Gasteiger partial charge in [-0.25, -0.2) is 0 Å². The number of Topliss-reactive ketones (excluding diaryl/α,β-unsaturated/α-hetero) is 1. The van der Waals surface area contributed by atoms with E-state index in [1.165, 1.54) is 11.3 Å². The summed E-state index contributed by atoms with van der Waals surface area (Å²) in [6.45, 7) is 0. The molecule has 4 heteroatoms. The molecule has 70 valence electrons. The van der Waals surface area contributed by atoms with Crippen molar-refractivity contribution in [1.29, 1.82) is 0 Å². The van der Waals surface area contributed by atoms with E-state index in [-0.39, 0.29) is 0 Å². The average molecular weight is 222 g/mol. The van der Waals surface area contributed by atoms with E-state index in [2.05, 4.69) is 0 Å². The summed E-state index contributed by atoms with van der Waals surface area (Å²) in [6.07, 6.45) is 0.351. The average Bonchev–Trinajstić information content (AvgIpc) is 2.86. The molecule has 0 atom stereocenters. The molecular formula is C10H6O2S2. The van der Waals surface area contributed by atoms with Crippen molar-refractivity contribution >= 4 is 34.7 Å². The molecule has 2 heterocycles. The van der Waals surface area contributed by atoms with Gasteiger partial charge in [-0.2, -0.15) is 0 Å². The van der Waals surface area contributed by atoms with Crippen molar-refractivity contribution in [3.05, 3.63) is 34.5 Å². The molecule has 0 aliphatic rings. The van der Waals surface area contributed by atoms with E-state index in [4.69, 9.17) is 0 Å². The Kier molecular flexibility index (Phi) is 2.56. The number of carbonyl (C=O) groups excluding carboxylic acids is 2. The second kappa shape index (κ2) is 3.86. The maximum atomic E-state index is 11.0. The Balaban J connectivity index is 2.35. The summed E-state index contributed by atoms with van der Waals surface area (Å²) in [5.74, 6) is -0.446. The van der Waals surface area contributed by atoms with Gasteiger partial charge in [0.25, 0.3) is 0 Å². The Morgan fingerprint density at radius 2 is 2.07 bits per heavy atom. The van der Waals surface area contributed by atoms with Crippen LogP contribution in [0.15, 0.2) is 29.6 Å². The number of thiophene rings is 2. The lowest BCUT2D eigenvalue weighted by Gasteiger charge is -1.87. The first-order valence-corrected chi connectivity index (χ1v) is 5.64. The van der Waals surface area contributed by atoms with Gasteiger partial charge in [0.1, 0.15) is 0 Å². The predicted octanol–water partition coefficient (Wildman–Crippen LogP) is 2.86. The molecule has 0 saturated carbocycles. The van der Waals surface area contributed by atoms with Gasteiger partial charge in [-0.15, -0.1) is 22.7 Å². The Hall–Kier alpha value is -1.26. The van der Waals surface area contributed by atoms with E-state index in [0.717, 1.165) is 9.75 Å². The molecule has 0 radical (unpaired) electrons. The molecule has 0 aliphatic carbocycles. The Morgan fingerprint density at radius 3 is 2.71 bits per heavy atom. The quantitative estimate of drug-likeness (QED) is 0.454. The first-order chi connectivity index (χ1) is 6.81. The molecule has 0 amide bonds. The highest BCUT2D eigenvalue weighted by molar-refractivity contribution is 7.22. The largest absolute Gasteiger partial charge is 0.294 e. The molecule has 0 N–H and O–H groups in total. The van der Waals surface area contributed by atoms with Crippen LogP contribution in [-0.2, 0) is 4.79 Å². The topological polar surface area (TPSA) is 34.1 Å². The minimum absolute atomic E-state index is 0.351. The summed E-state index contributed by atoms with van der Waals surface area (Å²) in [7, 11) is 0. The summed E-state index contributed by atoms with van der Waals surface area (Å²) in [5.41, 5.74) is 0. The number of ketones is 1. The zero-order valence-corrected chi connectivity index (χ0v) is 8.73. The van der Waals surface area contributed by atoms with Crippen molar-refractivity contribution in [2.45, 2.75) is 0 Å². The molecule has 0 bridgehead atoms. The van der Waals surface area contributed by atoms with Gasteiger partial charge < -0.3 is 0 Å². The van der Waals surface area contributed by atoms with E-state index in [9.17, 15) is 9.59 Å². The molecule has 0 fully saturated rings. The number of hydrogen-bond acceptors (Lipinski definition) is 4. The van der Waals surface area contributed by atoms with Crippen molar-refractivity contribution in [3.63, 3.8) is 0 Å². The van der Waals surface area contributed by atoms with Gasteiger partial charge in [0.2, 0.25) is 5.78 Å². The van der Waals surface area contributed by atoms with E-state index in [1.54, 1.807) is 17.4 Å². The second-order valence-corrected chi connectivity index (χ2v) is 4.65. The molecule has 2 aromatic rings. The number of aldehydes is 1. The fourth-order valence-corrected chi connectivity index (χ4v) is 2.82. The zero-order chi connectivity index (χ0) is 9.97. The molecule has 14 heavy (non-hydrogen) atoms. The third kappa shape index (κ3) is 1.66. The summed E-state index contributed by atoms with van der Waals surface area (Å²) in [4.78, 5) is 24.0. The molecule has 2 nitrogen and oxygen atoms in total. The maximum Gasteiger partial charge on any atom is 0.235 e. The van der Waals surface area contributed by atoms with Crippen LogP contribution in [0.1, 0.15) is 9.67 Å². The van der Waals surface area contributed by atoms with Gasteiger partial charge in [0.15, 0.2) is 6.29 Å². The predicted molar refractivity (Wildman–Crippen MR) is 58.0 cm³/mol. The lowest BCUT2D eigenvalue weighted by atomic mass is 10.3. The van der Waals surface area contributed by atoms with Crippen molar-refractivity contribution < 1.29 is 9.59 Å². The van der Waals surface area contributed by atoms with Crippen LogP contribution in [0.2, 0.25) is 0 Å². The molecule has 0 saturated heterocycles. The maximum absolute atomic E-state index is 11.0. The lowest BCUT2D eigenvalue weighted by Crippen LogP contribution is -1.94. The van der Waals surface area contributed by atoms with Gasteiger partial charge in [-0.1, -0.05) is 6.07 Å². The van der Waals surface area contributed by atoms with Crippen LogP contribution in [0.5, 0.6) is 0 Å². The Bertz CT molecular complexity index is 454. The van der Waals surface area contributed by atoms with Gasteiger partial charge in [-0.3, -0.25) is 9.59 Å². The third-order valence-electron chi connectivity index (χ3n) is 1.72. The molecule has 2 aromatic heterocycles. The lowest BCUT2D eigenvalue weighted by molar-refractivity contribution is -0.104. The second-order valence-electron chi connectivity index (χ2n) is 2.62. The smallest absolute Gasteiger partial charge is 0.235 e. The Labute approximate surface area is 88.8 Å². The van der Waals surface area contributed by atoms with Crippen molar-refractivity contribution in [1.82, 2.24) is 0 Å². The minimum atomic E-state index is -0.446.